The average Bonchev–Trinajstić information content (AvgIpc) is 3.21. The molecule has 0 unspecified atom stereocenters. The number of fused-ring (bicyclic) bond motifs is 1. The Morgan fingerprint density at radius 1 is 0.969 bits per heavy atom. The lowest BCUT2D eigenvalue weighted by Gasteiger charge is -2.36. The van der Waals surface area contributed by atoms with Gasteiger partial charge in [0.15, 0.2) is 0 Å². The van der Waals surface area contributed by atoms with Crippen LogP contribution < -0.4 is 4.90 Å². The van der Waals surface area contributed by atoms with Crippen LogP contribution in [0, 0.1) is 5.82 Å². The fraction of sp³-hybridized carbons (Fsp3) is 0.200. The van der Waals surface area contributed by atoms with Crippen molar-refractivity contribution in [2.75, 3.05) is 31.1 Å². The Morgan fingerprint density at radius 2 is 1.75 bits per heavy atom. The number of piperazine rings is 1. The van der Waals surface area contributed by atoms with Gasteiger partial charge >= 0.3 is 0 Å². The van der Waals surface area contributed by atoms with Crippen LogP contribution in [0.3, 0.4) is 0 Å². The Labute approximate surface area is 190 Å². The highest BCUT2D eigenvalue weighted by Crippen LogP contribution is 2.21. The van der Waals surface area contributed by atoms with Crippen molar-refractivity contribution in [1.29, 1.82) is 0 Å². The van der Waals surface area contributed by atoms with Crippen LogP contribution in [0.25, 0.3) is 10.9 Å². The summed E-state index contributed by atoms with van der Waals surface area (Å²) in [5.74, 6) is -0.228. The second-order valence-electron chi connectivity index (χ2n) is 7.96. The van der Waals surface area contributed by atoms with Gasteiger partial charge in [0.05, 0.1) is 18.3 Å². The molecule has 1 amide bonds. The summed E-state index contributed by atoms with van der Waals surface area (Å²) in [6.45, 7) is 3.25. The molecule has 0 N–H and O–H groups in total. The second-order valence-corrected chi connectivity index (χ2v) is 8.40. The SMILES string of the molecule is O=C(c1ccc2cnn(Cc3cccc(Cl)c3)c2c1)N1CCN(c2ccc(F)cc2)CC1. The van der Waals surface area contributed by atoms with E-state index in [-0.39, 0.29) is 11.7 Å². The third kappa shape index (κ3) is 4.18. The Hall–Kier alpha value is -3.38. The van der Waals surface area contributed by atoms with E-state index in [1.807, 2.05) is 58.2 Å². The Morgan fingerprint density at radius 3 is 2.50 bits per heavy atom. The van der Waals surface area contributed by atoms with E-state index in [1.54, 1.807) is 12.1 Å². The number of carbonyl (C=O) groups is 1. The van der Waals surface area contributed by atoms with Gasteiger partial charge < -0.3 is 9.80 Å². The van der Waals surface area contributed by atoms with Gasteiger partial charge in [-0.3, -0.25) is 9.48 Å². The smallest absolute Gasteiger partial charge is 0.254 e. The number of amides is 1. The van der Waals surface area contributed by atoms with E-state index in [0.717, 1.165) is 22.2 Å². The number of aromatic nitrogens is 2. The molecule has 0 atom stereocenters. The summed E-state index contributed by atoms with van der Waals surface area (Å²) in [5.41, 5.74) is 3.60. The number of nitrogens with zero attached hydrogens (tertiary/aromatic N) is 4. The van der Waals surface area contributed by atoms with Gasteiger partial charge in [-0.1, -0.05) is 29.8 Å². The van der Waals surface area contributed by atoms with E-state index in [4.69, 9.17) is 11.6 Å². The van der Waals surface area contributed by atoms with Crippen LogP contribution in [0.5, 0.6) is 0 Å². The molecule has 32 heavy (non-hydrogen) atoms. The molecule has 7 heteroatoms. The van der Waals surface area contributed by atoms with Gasteiger partial charge in [0.25, 0.3) is 5.91 Å². The van der Waals surface area contributed by atoms with E-state index in [0.29, 0.717) is 43.3 Å². The molecule has 1 aliphatic rings. The summed E-state index contributed by atoms with van der Waals surface area (Å²) in [6.07, 6.45) is 1.82. The van der Waals surface area contributed by atoms with Crippen LogP contribution in [0.15, 0.2) is 72.9 Å². The molecule has 5 nitrogen and oxygen atoms in total. The average molecular weight is 449 g/mol. The van der Waals surface area contributed by atoms with Gasteiger partial charge in [0, 0.05) is 47.8 Å². The van der Waals surface area contributed by atoms with Crippen LogP contribution in [-0.4, -0.2) is 46.8 Å². The molecule has 4 aromatic rings. The standard InChI is InChI=1S/C25H22ClFN4O/c26-21-3-1-2-18(14-21)17-31-24-15-19(4-5-20(24)16-28-31)25(32)30-12-10-29(11-13-30)23-8-6-22(27)7-9-23/h1-9,14-16H,10-13,17H2. The topological polar surface area (TPSA) is 41.4 Å². The molecule has 2 heterocycles. The number of benzene rings is 3. The Kier molecular flexibility index (Phi) is 5.53. The van der Waals surface area contributed by atoms with Crippen LogP contribution in [0.2, 0.25) is 5.02 Å². The molecule has 1 saturated heterocycles. The van der Waals surface area contributed by atoms with Gasteiger partial charge in [0.2, 0.25) is 0 Å². The number of hydrogen-bond acceptors (Lipinski definition) is 3. The zero-order chi connectivity index (χ0) is 22.1. The van der Waals surface area contributed by atoms with Crippen LogP contribution in [0.4, 0.5) is 10.1 Å². The second kappa shape index (κ2) is 8.63. The third-order valence-corrected chi connectivity index (χ3v) is 6.11. The molecule has 0 radical (unpaired) electrons. The van der Waals surface area contributed by atoms with Crippen molar-refractivity contribution in [2.24, 2.45) is 0 Å². The fourth-order valence-electron chi connectivity index (χ4n) is 4.14. The summed E-state index contributed by atoms with van der Waals surface area (Å²) >= 11 is 6.11. The molecule has 162 valence electrons. The first kappa shape index (κ1) is 20.5. The first-order chi connectivity index (χ1) is 15.6. The third-order valence-electron chi connectivity index (χ3n) is 5.87. The van der Waals surface area contributed by atoms with Crippen molar-refractivity contribution in [3.8, 4) is 0 Å². The molecule has 1 aliphatic heterocycles. The van der Waals surface area contributed by atoms with E-state index >= 15 is 0 Å². The number of halogens is 2. The molecule has 0 saturated carbocycles. The van der Waals surface area contributed by atoms with E-state index < -0.39 is 0 Å². The molecule has 1 aromatic heterocycles. The van der Waals surface area contributed by atoms with Crippen LogP contribution >= 0.6 is 11.6 Å². The lowest BCUT2D eigenvalue weighted by Crippen LogP contribution is -2.48. The monoisotopic (exact) mass is 448 g/mol. The van der Waals surface area contributed by atoms with Gasteiger partial charge in [-0.2, -0.15) is 5.10 Å². The summed E-state index contributed by atoms with van der Waals surface area (Å²) in [5, 5.41) is 6.18. The van der Waals surface area contributed by atoms with Gasteiger partial charge in [0.1, 0.15) is 5.82 Å². The Bertz CT molecular complexity index is 1260. The lowest BCUT2D eigenvalue weighted by atomic mass is 10.1. The van der Waals surface area contributed by atoms with Gasteiger partial charge in [-0.15, -0.1) is 0 Å². The summed E-state index contributed by atoms with van der Waals surface area (Å²) in [6, 6.07) is 19.9. The summed E-state index contributed by atoms with van der Waals surface area (Å²) in [7, 11) is 0. The van der Waals surface area contributed by atoms with Crippen molar-refractivity contribution in [1.82, 2.24) is 14.7 Å². The fourth-order valence-corrected chi connectivity index (χ4v) is 4.35. The lowest BCUT2D eigenvalue weighted by molar-refractivity contribution is 0.0747. The molecule has 1 fully saturated rings. The molecule has 0 spiro atoms. The zero-order valence-corrected chi connectivity index (χ0v) is 18.2. The van der Waals surface area contributed by atoms with E-state index in [2.05, 4.69) is 10.00 Å². The van der Waals surface area contributed by atoms with E-state index in [1.165, 1.54) is 12.1 Å². The van der Waals surface area contributed by atoms with Crippen molar-refractivity contribution < 1.29 is 9.18 Å². The highest BCUT2D eigenvalue weighted by molar-refractivity contribution is 6.30. The molecular formula is C25H22ClFN4O. The molecular weight excluding hydrogens is 427 g/mol. The predicted molar refractivity (Wildman–Crippen MR) is 125 cm³/mol. The first-order valence-corrected chi connectivity index (χ1v) is 10.9. The maximum Gasteiger partial charge on any atom is 0.254 e. The minimum absolute atomic E-state index is 0.0150. The number of hydrogen-bond donors (Lipinski definition) is 0. The minimum Gasteiger partial charge on any atom is -0.368 e. The number of carbonyl (C=O) groups excluding carboxylic acids is 1. The molecule has 3 aromatic carbocycles. The largest absolute Gasteiger partial charge is 0.368 e. The molecule has 0 bridgehead atoms. The quantitative estimate of drug-likeness (QED) is 0.448. The predicted octanol–water partition coefficient (Wildman–Crippen LogP) is 4.84. The number of anilines is 1. The van der Waals surface area contributed by atoms with Crippen LogP contribution in [0.1, 0.15) is 15.9 Å². The van der Waals surface area contributed by atoms with Crippen molar-refractivity contribution >= 4 is 34.1 Å². The summed E-state index contributed by atoms with van der Waals surface area (Å²) < 4.78 is 15.1. The summed E-state index contributed by atoms with van der Waals surface area (Å²) in [4.78, 5) is 17.2. The van der Waals surface area contributed by atoms with Gasteiger partial charge in [-0.05, 0) is 54.1 Å². The maximum atomic E-state index is 13.2. The number of rotatable bonds is 4. The van der Waals surface area contributed by atoms with Crippen LogP contribution in [-0.2, 0) is 6.54 Å². The molecule has 5 rings (SSSR count). The highest BCUT2D eigenvalue weighted by Gasteiger charge is 2.23. The zero-order valence-electron chi connectivity index (χ0n) is 17.4. The van der Waals surface area contributed by atoms with Crippen molar-refractivity contribution in [2.45, 2.75) is 6.54 Å². The van der Waals surface area contributed by atoms with E-state index in [9.17, 15) is 9.18 Å². The molecule has 0 aliphatic carbocycles. The highest BCUT2D eigenvalue weighted by atomic mass is 35.5. The van der Waals surface area contributed by atoms with Crippen molar-refractivity contribution in [3.05, 3.63) is 94.9 Å². The van der Waals surface area contributed by atoms with Gasteiger partial charge in [-0.25, -0.2) is 4.39 Å². The maximum absolute atomic E-state index is 13.2. The first-order valence-electron chi connectivity index (χ1n) is 10.6. The normalized spacial score (nSPS) is 14.2. The minimum atomic E-state index is -0.243. The van der Waals surface area contributed by atoms with Crippen molar-refractivity contribution in [3.63, 3.8) is 0 Å². The Balaban J connectivity index is 1.31.